The van der Waals surface area contributed by atoms with Crippen molar-refractivity contribution in [3.8, 4) is 17.3 Å². The molecule has 8 heteroatoms. The predicted molar refractivity (Wildman–Crippen MR) is 127 cm³/mol. The standard InChI is InChI=1S/C26H27F2N5O/c1-4-9-33(26(34)16(2)3)19-8-10-32(15-19)25-24(18-7-5-6-17(11-18)14-29)30-22-12-20(27)21(28)13-23(22)31-25/h5-7,11-13,16,19H,4,8-10,15H2,1-3H3/t19-/m0/s1. The maximum absolute atomic E-state index is 14.0. The summed E-state index contributed by atoms with van der Waals surface area (Å²) in [5.74, 6) is -1.41. The van der Waals surface area contributed by atoms with Crippen molar-refractivity contribution in [1.82, 2.24) is 14.9 Å². The van der Waals surface area contributed by atoms with Gasteiger partial charge >= 0.3 is 0 Å². The zero-order valence-corrected chi connectivity index (χ0v) is 19.6. The van der Waals surface area contributed by atoms with Gasteiger partial charge in [-0.25, -0.2) is 18.7 Å². The number of aromatic nitrogens is 2. The Balaban J connectivity index is 1.78. The summed E-state index contributed by atoms with van der Waals surface area (Å²) in [6, 6.07) is 11.2. The van der Waals surface area contributed by atoms with Crippen molar-refractivity contribution in [2.75, 3.05) is 24.5 Å². The fraction of sp³-hybridized carbons (Fsp3) is 0.385. The first-order chi connectivity index (χ1) is 16.3. The monoisotopic (exact) mass is 463 g/mol. The molecule has 0 radical (unpaired) electrons. The number of anilines is 1. The largest absolute Gasteiger partial charge is 0.353 e. The van der Waals surface area contributed by atoms with E-state index in [-0.39, 0.29) is 28.9 Å². The summed E-state index contributed by atoms with van der Waals surface area (Å²) in [6.45, 7) is 7.75. The maximum Gasteiger partial charge on any atom is 0.225 e. The number of carbonyl (C=O) groups is 1. The van der Waals surface area contributed by atoms with Crippen molar-refractivity contribution < 1.29 is 13.6 Å². The number of amides is 1. The van der Waals surface area contributed by atoms with E-state index in [1.807, 2.05) is 29.7 Å². The van der Waals surface area contributed by atoms with Gasteiger partial charge in [-0.2, -0.15) is 5.26 Å². The van der Waals surface area contributed by atoms with Gasteiger partial charge in [-0.3, -0.25) is 4.79 Å². The van der Waals surface area contributed by atoms with Gasteiger partial charge in [0.05, 0.1) is 28.7 Å². The van der Waals surface area contributed by atoms with Gasteiger partial charge in [0.25, 0.3) is 0 Å². The van der Waals surface area contributed by atoms with Crippen LogP contribution in [-0.4, -0.2) is 46.5 Å². The van der Waals surface area contributed by atoms with Crippen LogP contribution in [0.15, 0.2) is 36.4 Å². The maximum atomic E-state index is 14.0. The Morgan fingerprint density at radius 3 is 2.56 bits per heavy atom. The molecule has 1 atom stereocenters. The van der Waals surface area contributed by atoms with E-state index in [9.17, 15) is 18.8 Å². The van der Waals surface area contributed by atoms with Crippen LogP contribution in [0.1, 0.15) is 39.2 Å². The molecule has 1 aliphatic heterocycles. The highest BCUT2D eigenvalue weighted by atomic mass is 19.2. The summed E-state index contributed by atoms with van der Waals surface area (Å²) < 4.78 is 27.9. The first-order valence-corrected chi connectivity index (χ1v) is 11.5. The number of carbonyl (C=O) groups excluding carboxylic acids is 1. The molecule has 0 spiro atoms. The first kappa shape index (κ1) is 23.6. The van der Waals surface area contributed by atoms with E-state index in [0.29, 0.717) is 42.3 Å². The van der Waals surface area contributed by atoms with Gasteiger partial charge in [0, 0.05) is 43.2 Å². The van der Waals surface area contributed by atoms with Gasteiger partial charge in [-0.15, -0.1) is 0 Å². The van der Waals surface area contributed by atoms with Crippen molar-refractivity contribution >= 4 is 22.8 Å². The van der Waals surface area contributed by atoms with Crippen LogP contribution < -0.4 is 4.90 Å². The minimum Gasteiger partial charge on any atom is -0.353 e. The Kier molecular flexibility index (Phi) is 6.73. The van der Waals surface area contributed by atoms with Crippen LogP contribution in [0.5, 0.6) is 0 Å². The molecule has 1 fully saturated rings. The van der Waals surface area contributed by atoms with Gasteiger partial charge in [0.2, 0.25) is 5.91 Å². The van der Waals surface area contributed by atoms with Crippen LogP contribution in [-0.2, 0) is 4.79 Å². The van der Waals surface area contributed by atoms with Crippen molar-refractivity contribution in [1.29, 1.82) is 5.26 Å². The number of fused-ring (bicyclic) bond motifs is 1. The van der Waals surface area contributed by atoms with Gasteiger partial charge in [-0.1, -0.05) is 32.9 Å². The molecule has 1 amide bonds. The Hall–Kier alpha value is -3.60. The molecule has 1 saturated heterocycles. The fourth-order valence-electron chi connectivity index (χ4n) is 4.43. The summed E-state index contributed by atoms with van der Waals surface area (Å²) in [5.41, 5.74) is 2.11. The normalized spacial score (nSPS) is 15.7. The number of benzene rings is 2. The van der Waals surface area contributed by atoms with Crippen molar-refractivity contribution in [3.05, 3.63) is 53.6 Å². The molecule has 0 aliphatic carbocycles. The van der Waals surface area contributed by atoms with Crippen LogP contribution in [0.25, 0.3) is 22.3 Å². The zero-order chi connectivity index (χ0) is 24.4. The summed E-state index contributed by atoms with van der Waals surface area (Å²) in [7, 11) is 0. The molecule has 2 aromatic carbocycles. The summed E-state index contributed by atoms with van der Waals surface area (Å²) >= 11 is 0. The topological polar surface area (TPSA) is 73.1 Å². The Morgan fingerprint density at radius 1 is 1.21 bits per heavy atom. The Labute approximate surface area is 197 Å². The average Bonchev–Trinajstić information content (AvgIpc) is 3.32. The van der Waals surface area contributed by atoms with E-state index in [2.05, 4.69) is 23.0 Å². The summed E-state index contributed by atoms with van der Waals surface area (Å²) in [5, 5.41) is 9.35. The van der Waals surface area contributed by atoms with Gasteiger partial charge in [0.15, 0.2) is 17.5 Å². The minimum absolute atomic E-state index is 0.0237. The number of rotatable bonds is 6. The van der Waals surface area contributed by atoms with Gasteiger partial charge in [-0.05, 0) is 25.0 Å². The Morgan fingerprint density at radius 2 is 1.91 bits per heavy atom. The molecule has 0 saturated carbocycles. The lowest BCUT2D eigenvalue weighted by molar-refractivity contribution is -0.136. The molecule has 0 bridgehead atoms. The van der Waals surface area contributed by atoms with E-state index >= 15 is 0 Å². The second-order valence-electron chi connectivity index (χ2n) is 8.92. The zero-order valence-electron chi connectivity index (χ0n) is 19.6. The number of nitriles is 1. The van der Waals surface area contributed by atoms with Crippen LogP contribution in [0, 0.1) is 28.9 Å². The lowest BCUT2D eigenvalue weighted by Crippen LogP contribution is -2.44. The summed E-state index contributed by atoms with van der Waals surface area (Å²) in [4.78, 5) is 26.1. The predicted octanol–water partition coefficient (Wildman–Crippen LogP) is 4.92. The Bertz CT molecular complexity index is 1270. The van der Waals surface area contributed by atoms with E-state index in [1.165, 1.54) is 0 Å². The molecule has 1 aliphatic rings. The van der Waals surface area contributed by atoms with E-state index in [1.54, 1.807) is 18.2 Å². The molecule has 0 unspecified atom stereocenters. The van der Waals surface area contributed by atoms with Gasteiger partial charge < -0.3 is 9.80 Å². The van der Waals surface area contributed by atoms with E-state index in [0.717, 1.165) is 25.0 Å². The second kappa shape index (κ2) is 9.72. The molecule has 2 heterocycles. The lowest BCUT2D eigenvalue weighted by Gasteiger charge is -2.30. The van der Waals surface area contributed by atoms with Crippen molar-refractivity contribution in [2.45, 2.75) is 39.7 Å². The molecule has 34 heavy (non-hydrogen) atoms. The molecule has 3 aromatic rings. The second-order valence-corrected chi connectivity index (χ2v) is 8.92. The summed E-state index contributed by atoms with van der Waals surface area (Å²) in [6.07, 6.45) is 1.63. The molecule has 0 N–H and O–H groups in total. The average molecular weight is 464 g/mol. The van der Waals surface area contributed by atoms with E-state index < -0.39 is 11.6 Å². The third kappa shape index (κ3) is 4.56. The van der Waals surface area contributed by atoms with Crippen LogP contribution in [0.4, 0.5) is 14.6 Å². The fourth-order valence-corrected chi connectivity index (χ4v) is 4.43. The quantitative estimate of drug-likeness (QED) is 0.519. The SMILES string of the molecule is CCCN(C(=O)C(C)C)[C@H]1CCN(c2nc3cc(F)c(F)cc3nc2-c2cccc(C#N)c2)C1. The first-order valence-electron chi connectivity index (χ1n) is 11.5. The van der Waals surface area contributed by atoms with Crippen LogP contribution >= 0.6 is 0 Å². The third-order valence-corrected chi connectivity index (χ3v) is 6.10. The highest BCUT2D eigenvalue weighted by Gasteiger charge is 2.33. The van der Waals surface area contributed by atoms with E-state index in [4.69, 9.17) is 0 Å². The van der Waals surface area contributed by atoms with Crippen LogP contribution in [0.2, 0.25) is 0 Å². The molecular formula is C26H27F2N5O. The lowest BCUT2D eigenvalue weighted by atomic mass is 10.1. The van der Waals surface area contributed by atoms with Crippen molar-refractivity contribution in [2.24, 2.45) is 5.92 Å². The molecule has 1 aromatic heterocycles. The molecular weight excluding hydrogens is 436 g/mol. The smallest absolute Gasteiger partial charge is 0.225 e. The van der Waals surface area contributed by atoms with Crippen LogP contribution in [0.3, 0.4) is 0 Å². The van der Waals surface area contributed by atoms with Gasteiger partial charge in [0.1, 0.15) is 5.69 Å². The number of hydrogen-bond donors (Lipinski definition) is 0. The third-order valence-electron chi connectivity index (χ3n) is 6.10. The number of hydrogen-bond acceptors (Lipinski definition) is 5. The molecule has 4 rings (SSSR count). The minimum atomic E-state index is -0.991. The highest BCUT2D eigenvalue weighted by molar-refractivity contribution is 5.84. The molecule has 176 valence electrons. The number of nitrogens with zero attached hydrogens (tertiary/aromatic N) is 5. The highest BCUT2D eigenvalue weighted by Crippen LogP contribution is 2.33. The molecule has 6 nitrogen and oxygen atoms in total. The number of halogens is 2. The van der Waals surface area contributed by atoms with Crippen molar-refractivity contribution in [3.63, 3.8) is 0 Å².